The largest absolute Gasteiger partial charge is 0.390 e. The number of ether oxygens (including phenoxy) is 1. The first-order chi connectivity index (χ1) is 6.70. The fourth-order valence-electron chi connectivity index (χ4n) is 2.12. The summed E-state index contributed by atoms with van der Waals surface area (Å²) in [6.45, 7) is 3.90. The van der Waals surface area contributed by atoms with E-state index in [-0.39, 0.29) is 16.6 Å². The molecule has 0 saturated carbocycles. The Morgan fingerprint density at radius 1 is 1.43 bits per heavy atom. The lowest BCUT2D eigenvalue weighted by molar-refractivity contribution is 0.126. The highest BCUT2D eigenvalue weighted by Gasteiger charge is 2.38. The first kappa shape index (κ1) is 10.5. The molecule has 2 rings (SSSR count). The molecule has 2 saturated heterocycles. The molecule has 5 heteroatoms. The molecule has 0 spiro atoms. The third kappa shape index (κ3) is 1.86. The summed E-state index contributed by atoms with van der Waals surface area (Å²) in [6, 6.07) is 0. The second-order valence-corrected chi connectivity index (χ2v) is 5.86. The predicted molar refractivity (Wildman–Crippen MR) is 54.6 cm³/mol. The van der Waals surface area contributed by atoms with Gasteiger partial charge in [0.25, 0.3) is 0 Å². The van der Waals surface area contributed by atoms with Crippen molar-refractivity contribution >= 4 is 10.8 Å². The quantitative estimate of drug-likeness (QED) is 0.641. The molecule has 0 amide bonds. The monoisotopic (exact) mass is 219 g/mol. The fraction of sp³-hybridized carbons (Fsp3) is 1.00. The van der Waals surface area contributed by atoms with Gasteiger partial charge in [0, 0.05) is 30.5 Å². The molecule has 0 radical (unpaired) electrons. The van der Waals surface area contributed by atoms with Crippen LogP contribution >= 0.6 is 0 Å². The van der Waals surface area contributed by atoms with Crippen molar-refractivity contribution in [2.75, 3.05) is 19.7 Å². The minimum absolute atomic E-state index is 0.0728. The Bertz CT molecular complexity index is 214. The van der Waals surface area contributed by atoms with E-state index in [1.165, 1.54) is 0 Å². The zero-order chi connectivity index (χ0) is 10.1. The molecule has 2 fully saturated rings. The molecule has 2 aliphatic heterocycles. The number of β-amino-alcohol motifs (C(OH)–C–C–N with tert-alkyl or cyclic N) is 1. The molecular formula is C9H17NO3S. The van der Waals surface area contributed by atoms with E-state index in [1.807, 2.05) is 6.92 Å². The molecule has 0 aromatic heterocycles. The van der Waals surface area contributed by atoms with Crippen molar-refractivity contribution in [1.29, 1.82) is 0 Å². The third-order valence-electron chi connectivity index (χ3n) is 3.03. The van der Waals surface area contributed by atoms with Crippen molar-refractivity contribution in [1.82, 2.24) is 5.32 Å². The zero-order valence-corrected chi connectivity index (χ0v) is 9.13. The minimum atomic E-state index is -0.968. The fourth-order valence-corrected chi connectivity index (χ4v) is 4.04. The Morgan fingerprint density at radius 3 is 2.71 bits per heavy atom. The van der Waals surface area contributed by atoms with Crippen LogP contribution < -0.4 is 5.32 Å². The molecule has 5 atom stereocenters. The molecule has 14 heavy (non-hydrogen) atoms. The van der Waals surface area contributed by atoms with Crippen LogP contribution in [0.15, 0.2) is 0 Å². The molecule has 2 N–H and O–H groups in total. The Kier molecular flexibility index (Phi) is 3.21. The second-order valence-electron chi connectivity index (χ2n) is 4.00. The van der Waals surface area contributed by atoms with Crippen LogP contribution in [0.3, 0.4) is 0 Å². The zero-order valence-electron chi connectivity index (χ0n) is 8.31. The summed E-state index contributed by atoms with van der Waals surface area (Å²) in [6.07, 6.45) is 0.476. The van der Waals surface area contributed by atoms with Crippen molar-refractivity contribution in [3.8, 4) is 0 Å². The normalized spacial score (nSPS) is 45.6. The van der Waals surface area contributed by atoms with Gasteiger partial charge in [0.2, 0.25) is 0 Å². The SMILES string of the molecule is CC1OCCC1S(=O)C1CNCC1O. The van der Waals surface area contributed by atoms with Gasteiger partial charge < -0.3 is 15.2 Å². The predicted octanol–water partition coefficient (Wildman–Crippen LogP) is -0.755. The number of nitrogens with one attached hydrogen (secondary N) is 1. The first-order valence-corrected chi connectivity index (χ1v) is 6.37. The highest BCUT2D eigenvalue weighted by Crippen LogP contribution is 2.23. The van der Waals surface area contributed by atoms with Crippen LogP contribution in [0, 0.1) is 0 Å². The lowest BCUT2D eigenvalue weighted by Gasteiger charge is -2.20. The molecule has 0 bridgehead atoms. The van der Waals surface area contributed by atoms with E-state index >= 15 is 0 Å². The van der Waals surface area contributed by atoms with Gasteiger partial charge in [0.15, 0.2) is 0 Å². The van der Waals surface area contributed by atoms with E-state index in [1.54, 1.807) is 0 Å². The number of aliphatic hydroxyl groups is 1. The lowest BCUT2D eigenvalue weighted by Crippen LogP contribution is -2.37. The summed E-state index contributed by atoms with van der Waals surface area (Å²) >= 11 is 0. The molecule has 2 heterocycles. The van der Waals surface area contributed by atoms with E-state index in [0.717, 1.165) is 6.42 Å². The molecule has 0 aliphatic carbocycles. The van der Waals surface area contributed by atoms with Crippen LogP contribution in [0.25, 0.3) is 0 Å². The van der Waals surface area contributed by atoms with Gasteiger partial charge in [0.1, 0.15) is 0 Å². The van der Waals surface area contributed by atoms with E-state index in [2.05, 4.69) is 5.32 Å². The lowest BCUT2D eigenvalue weighted by atomic mass is 10.2. The molecule has 82 valence electrons. The molecule has 0 aromatic rings. The Hall–Kier alpha value is 0.0300. The highest BCUT2D eigenvalue weighted by molar-refractivity contribution is 7.86. The molecule has 5 unspecified atom stereocenters. The summed E-state index contributed by atoms with van der Waals surface area (Å²) < 4.78 is 17.5. The van der Waals surface area contributed by atoms with Crippen molar-refractivity contribution in [3.63, 3.8) is 0 Å². The maximum atomic E-state index is 12.1. The van der Waals surface area contributed by atoms with Gasteiger partial charge in [-0.1, -0.05) is 0 Å². The number of hydrogen-bond acceptors (Lipinski definition) is 4. The van der Waals surface area contributed by atoms with Gasteiger partial charge in [-0.05, 0) is 13.3 Å². The van der Waals surface area contributed by atoms with Crippen molar-refractivity contribution in [2.24, 2.45) is 0 Å². The minimum Gasteiger partial charge on any atom is -0.390 e. The number of aliphatic hydroxyl groups excluding tert-OH is 1. The molecule has 0 aromatic carbocycles. The van der Waals surface area contributed by atoms with Crippen LogP contribution in [0.1, 0.15) is 13.3 Å². The average molecular weight is 219 g/mol. The van der Waals surface area contributed by atoms with Crippen molar-refractivity contribution in [3.05, 3.63) is 0 Å². The van der Waals surface area contributed by atoms with E-state index in [9.17, 15) is 9.32 Å². The van der Waals surface area contributed by atoms with E-state index < -0.39 is 16.9 Å². The van der Waals surface area contributed by atoms with Crippen LogP contribution in [-0.2, 0) is 15.5 Å². The topological polar surface area (TPSA) is 58.6 Å². The van der Waals surface area contributed by atoms with Crippen LogP contribution in [-0.4, -0.2) is 51.7 Å². The third-order valence-corrected chi connectivity index (χ3v) is 5.32. The average Bonchev–Trinajstić information content (AvgIpc) is 2.73. The van der Waals surface area contributed by atoms with Crippen molar-refractivity contribution < 1.29 is 14.1 Å². The van der Waals surface area contributed by atoms with Crippen LogP contribution in [0.2, 0.25) is 0 Å². The summed E-state index contributed by atoms with van der Waals surface area (Å²) in [7, 11) is -0.968. The number of rotatable bonds is 2. The highest BCUT2D eigenvalue weighted by atomic mass is 32.2. The Labute approximate surface area is 86.5 Å². The number of hydrogen-bond donors (Lipinski definition) is 2. The summed E-state index contributed by atoms with van der Waals surface area (Å²) in [5.74, 6) is 0. The second kappa shape index (κ2) is 4.26. The van der Waals surface area contributed by atoms with Gasteiger partial charge in [-0.3, -0.25) is 4.21 Å². The Balaban J connectivity index is 2.00. The van der Waals surface area contributed by atoms with Gasteiger partial charge in [-0.15, -0.1) is 0 Å². The van der Waals surface area contributed by atoms with Gasteiger partial charge in [-0.2, -0.15) is 0 Å². The summed E-state index contributed by atoms with van der Waals surface area (Å²) in [4.78, 5) is 0. The van der Waals surface area contributed by atoms with E-state index in [0.29, 0.717) is 19.7 Å². The maximum absolute atomic E-state index is 12.1. The van der Waals surface area contributed by atoms with Gasteiger partial charge >= 0.3 is 0 Å². The first-order valence-electron chi connectivity index (χ1n) is 5.10. The van der Waals surface area contributed by atoms with Gasteiger partial charge in [-0.25, -0.2) is 0 Å². The Morgan fingerprint density at radius 2 is 2.21 bits per heavy atom. The standard InChI is InChI=1S/C9H17NO3S/c1-6-8(2-3-13-6)14(12)9-5-10-4-7(9)11/h6-11H,2-5H2,1H3. The van der Waals surface area contributed by atoms with Crippen molar-refractivity contribution in [2.45, 2.75) is 36.1 Å². The molecular weight excluding hydrogens is 202 g/mol. The smallest absolute Gasteiger partial charge is 0.0820 e. The summed E-state index contributed by atoms with van der Waals surface area (Å²) in [5, 5.41) is 12.7. The van der Waals surface area contributed by atoms with Gasteiger partial charge in [0.05, 0.1) is 22.7 Å². The summed E-state index contributed by atoms with van der Waals surface area (Å²) in [5.41, 5.74) is 0. The maximum Gasteiger partial charge on any atom is 0.0820 e. The molecule has 2 aliphatic rings. The van der Waals surface area contributed by atoms with E-state index in [4.69, 9.17) is 4.74 Å². The van der Waals surface area contributed by atoms with Crippen LogP contribution in [0.5, 0.6) is 0 Å². The molecule has 4 nitrogen and oxygen atoms in total. The van der Waals surface area contributed by atoms with Crippen LogP contribution in [0.4, 0.5) is 0 Å².